The molecule has 22 heavy (non-hydrogen) atoms. The smallest absolute Gasteiger partial charge is 0.0125 e. The first kappa shape index (κ1) is 16.8. The quantitative estimate of drug-likeness (QED) is 0.752. The fourth-order valence-corrected chi connectivity index (χ4v) is 5.14. The van der Waals surface area contributed by atoms with Crippen LogP contribution in [0.25, 0.3) is 0 Å². The van der Waals surface area contributed by atoms with Crippen LogP contribution in [0.3, 0.4) is 0 Å². The maximum absolute atomic E-state index is 2.76. The SMILES string of the molecule is CC(C)(C)C1CCN(CC2CC3(C2)CN(C(C)(C)C)C3)CC1. The molecule has 2 aliphatic heterocycles. The van der Waals surface area contributed by atoms with Gasteiger partial charge in [0.2, 0.25) is 0 Å². The van der Waals surface area contributed by atoms with Crippen molar-refractivity contribution in [3.8, 4) is 0 Å². The van der Waals surface area contributed by atoms with E-state index >= 15 is 0 Å². The number of hydrogen-bond donors (Lipinski definition) is 0. The van der Waals surface area contributed by atoms with Gasteiger partial charge in [0.05, 0.1) is 0 Å². The van der Waals surface area contributed by atoms with E-state index in [9.17, 15) is 0 Å². The van der Waals surface area contributed by atoms with E-state index in [1.807, 2.05) is 0 Å². The lowest BCUT2D eigenvalue weighted by molar-refractivity contribution is -0.135. The lowest BCUT2D eigenvalue weighted by Crippen LogP contribution is -2.67. The number of rotatable bonds is 2. The first-order valence-electron chi connectivity index (χ1n) is 9.55. The molecule has 0 bridgehead atoms. The van der Waals surface area contributed by atoms with Gasteiger partial charge in [-0.2, -0.15) is 0 Å². The fourth-order valence-electron chi connectivity index (χ4n) is 5.14. The zero-order valence-electron chi connectivity index (χ0n) is 15.9. The first-order chi connectivity index (χ1) is 10.1. The summed E-state index contributed by atoms with van der Waals surface area (Å²) in [5, 5.41) is 0. The predicted molar refractivity (Wildman–Crippen MR) is 95.1 cm³/mol. The van der Waals surface area contributed by atoms with E-state index in [1.165, 1.54) is 58.4 Å². The minimum absolute atomic E-state index is 0.380. The van der Waals surface area contributed by atoms with Gasteiger partial charge in [0, 0.05) is 25.2 Å². The molecule has 0 amide bonds. The van der Waals surface area contributed by atoms with Gasteiger partial charge in [-0.1, -0.05) is 20.8 Å². The first-order valence-corrected chi connectivity index (χ1v) is 9.55. The molecule has 0 N–H and O–H groups in total. The summed E-state index contributed by atoms with van der Waals surface area (Å²) in [5.74, 6) is 1.93. The number of hydrogen-bond acceptors (Lipinski definition) is 2. The molecule has 2 heteroatoms. The maximum Gasteiger partial charge on any atom is 0.0125 e. The summed E-state index contributed by atoms with van der Waals surface area (Å²) in [5.41, 5.74) is 1.61. The molecule has 0 aromatic rings. The second-order valence-electron chi connectivity index (χ2n) is 10.7. The van der Waals surface area contributed by atoms with Crippen molar-refractivity contribution in [2.24, 2.45) is 22.7 Å². The lowest BCUT2D eigenvalue weighted by atomic mass is 9.57. The Bertz CT molecular complexity index is 379. The highest BCUT2D eigenvalue weighted by Gasteiger charge is 2.54. The van der Waals surface area contributed by atoms with Gasteiger partial charge in [-0.15, -0.1) is 0 Å². The van der Waals surface area contributed by atoms with E-state index in [-0.39, 0.29) is 0 Å². The summed E-state index contributed by atoms with van der Waals surface area (Å²) in [6.45, 7) is 21.1. The Kier molecular flexibility index (Phi) is 4.18. The molecule has 2 nitrogen and oxygen atoms in total. The van der Waals surface area contributed by atoms with Crippen LogP contribution in [0.15, 0.2) is 0 Å². The third-order valence-corrected chi connectivity index (χ3v) is 6.77. The van der Waals surface area contributed by atoms with Crippen LogP contribution in [0.2, 0.25) is 0 Å². The molecular weight excluding hydrogens is 268 g/mol. The molecule has 3 aliphatic rings. The van der Waals surface area contributed by atoms with Gasteiger partial charge in [-0.3, -0.25) is 4.90 Å². The van der Waals surface area contributed by atoms with Crippen LogP contribution >= 0.6 is 0 Å². The Morgan fingerprint density at radius 3 is 1.91 bits per heavy atom. The van der Waals surface area contributed by atoms with Gasteiger partial charge in [0.15, 0.2) is 0 Å². The molecule has 128 valence electrons. The second kappa shape index (κ2) is 5.48. The van der Waals surface area contributed by atoms with Crippen LogP contribution in [0.4, 0.5) is 0 Å². The van der Waals surface area contributed by atoms with Gasteiger partial charge in [0.1, 0.15) is 0 Å². The van der Waals surface area contributed by atoms with Crippen molar-refractivity contribution in [1.29, 1.82) is 0 Å². The van der Waals surface area contributed by atoms with E-state index in [4.69, 9.17) is 0 Å². The Morgan fingerprint density at radius 1 is 0.909 bits per heavy atom. The van der Waals surface area contributed by atoms with E-state index < -0.39 is 0 Å². The molecule has 0 aromatic carbocycles. The number of piperidine rings is 1. The molecule has 2 saturated heterocycles. The monoisotopic (exact) mass is 306 g/mol. The highest BCUT2D eigenvalue weighted by atomic mass is 15.3. The van der Waals surface area contributed by atoms with Crippen LogP contribution in [-0.4, -0.2) is 48.1 Å². The van der Waals surface area contributed by atoms with E-state index in [1.54, 1.807) is 0 Å². The molecule has 0 aromatic heterocycles. The van der Waals surface area contributed by atoms with Crippen LogP contribution in [0, 0.1) is 22.7 Å². The molecule has 0 atom stereocenters. The zero-order valence-corrected chi connectivity index (χ0v) is 15.9. The third kappa shape index (κ3) is 3.38. The molecule has 1 aliphatic carbocycles. The van der Waals surface area contributed by atoms with Gasteiger partial charge in [-0.05, 0) is 82.2 Å². The normalized spacial score (nSPS) is 28.6. The zero-order chi connectivity index (χ0) is 16.2. The molecule has 0 radical (unpaired) electrons. The minimum Gasteiger partial charge on any atom is -0.303 e. The summed E-state index contributed by atoms with van der Waals surface area (Å²) in [6.07, 6.45) is 5.83. The molecule has 1 saturated carbocycles. The van der Waals surface area contributed by atoms with E-state index in [0.717, 1.165) is 17.3 Å². The van der Waals surface area contributed by atoms with Crippen molar-refractivity contribution in [2.75, 3.05) is 32.7 Å². The van der Waals surface area contributed by atoms with Crippen LogP contribution in [0.1, 0.15) is 67.2 Å². The highest BCUT2D eigenvalue weighted by Crippen LogP contribution is 2.53. The van der Waals surface area contributed by atoms with Gasteiger partial charge >= 0.3 is 0 Å². The van der Waals surface area contributed by atoms with Gasteiger partial charge < -0.3 is 4.90 Å². The van der Waals surface area contributed by atoms with Crippen molar-refractivity contribution in [1.82, 2.24) is 9.80 Å². The standard InChI is InChI=1S/C20H38N2/c1-18(2,3)17-7-9-21(10-8-17)13-16-11-20(12-16)14-22(15-20)19(4,5)6/h16-17H,7-15H2,1-6H3. The van der Waals surface area contributed by atoms with Gasteiger partial charge in [0.25, 0.3) is 0 Å². The molecule has 3 fully saturated rings. The van der Waals surface area contributed by atoms with Crippen molar-refractivity contribution in [2.45, 2.75) is 72.8 Å². The van der Waals surface area contributed by atoms with Gasteiger partial charge in [-0.25, -0.2) is 0 Å². The summed E-state index contributed by atoms with van der Waals surface area (Å²) in [4.78, 5) is 5.43. The summed E-state index contributed by atoms with van der Waals surface area (Å²) in [7, 11) is 0. The van der Waals surface area contributed by atoms with Crippen LogP contribution < -0.4 is 0 Å². The van der Waals surface area contributed by atoms with Crippen molar-refractivity contribution < 1.29 is 0 Å². The Morgan fingerprint density at radius 2 is 1.45 bits per heavy atom. The Labute approximate surface area is 138 Å². The van der Waals surface area contributed by atoms with Crippen molar-refractivity contribution >= 4 is 0 Å². The maximum atomic E-state index is 2.76. The van der Waals surface area contributed by atoms with Crippen LogP contribution in [0.5, 0.6) is 0 Å². The molecule has 3 rings (SSSR count). The average molecular weight is 307 g/mol. The molecule has 2 heterocycles. The van der Waals surface area contributed by atoms with Crippen molar-refractivity contribution in [3.05, 3.63) is 0 Å². The fraction of sp³-hybridized carbons (Fsp3) is 1.00. The Balaban J connectivity index is 1.36. The predicted octanol–water partition coefficient (Wildman–Crippen LogP) is 4.26. The van der Waals surface area contributed by atoms with Crippen molar-refractivity contribution in [3.63, 3.8) is 0 Å². The average Bonchev–Trinajstić information content (AvgIpc) is 2.28. The summed E-state index contributed by atoms with van der Waals surface area (Å²) >= 11 is 0. The summed E-state index contributed by atoms with van der Waals surface area (Å²) in [6, 6.07) is 0. The highest BCUT2D eigenvalue weighted by molar-refractivity contribution is 5.07. The lowest BCUT2D eigenvalue weighted by Gasteiger charge is -2.63. The second-order valence-corrected chi connectivity index (χ2v) is 10.7. The largest absolute Gasteiger partial charge is 0.303 e. The van der Waals surface area contributed by atoms with E-state index in [0.29, 0.717) is 11.0 Å². The number of likely N-dealkylation sites (tertiary alicyclic amines) is 2. The molecule has 0 unspecified atom stereocenters. The minimum atomic E-state index is 0.380. The van der Waals surface area contributed by atoms with E-state index in [2.05, 4.69) is 51.3 Å². The Hall–Kier alpha value is -0.0800. The molecule has 1 spiro atoms. The third-order valence-electron chi connectivity index (χ3n) is 6.77. The topological polar surface area (TPSA) is 6.48 Å². The molecular formula is C20H38N2. The van der Waals surface area contributed by atoms with Crippen LogP contribution in [-0.2, 0) is 0 Å². The number of nitrogens with zero attached hydrogens (tertiary/aromatic N) is 2. The summed E-state index contributed by atoms with van der Waals surface area (Å²) < 4.78 is 0.